The van der Waals surface area contributed by atoms with Gasteiger partial charge in [0.15, 0.2) is 6.04 Å². The molecule has 0 saturated carbocycles. The molecule has 1 heterocycles. The zero-order chi connectivity index (χ0) is 8.97. The number of aromatic nitrogens is 1. The molecule has 0 bridgehead atoms. The topological polar surface area (TPSA) is 79.3 Å². The van der Waals surface area contributed by atoms with E-state index in [1.54, 1.807) is 5.38 Å². The fourth-order valence-corrected chi connectivity index (χ4v) is 1.30. The highest BCUT2D eigenvalue weighted by Crippen LogP contribution is 2.11. The van der Waals surface area contributed by atoms with Crippen molar-refractivity contribution in [1.29, 1.82) is 0 Å². The van der Waals surface area contributed by atoms with Gasteiger partial charge >= 0.3 is 5.97 Å². The van der Waals surface area contributed by atoms with Crippen molar-refractivity contribution in [3.63, 3.8) is 0 Å². The normalized spacial score (nSPS) is 12.0. The fourth-order valence-electron chi connectivity index (χ4n) is 0.716. The molecule has 0 radical (unpaired) electrons. The van der Waals surface area contributed by atoms with Crippen LogP contribution in [0.2, 0.25) is 0 Å². The molecule has 0 aliphatic carbocycles. The lowest BCUT2D eigenvalue weighted by molar-refractivity contribution is -0.140. The first-order valence-electron chi connectivity index (χ1n) is 3.06. The maximum atomic E-state index is 10.5. The van der Waals surface area contributed by atoms with E-state index in [1.807, 2.05) is 0 Å². The molecule has 1 aromatic heterocycles. The Bertz CT molecular complexity index is 272. The van der Waals surface area contributed by atoms with E-state index in [1.165, 1.54) is 16.8 Å². The molecule has 0 aromatic carbocycles. The van der Waals surface area contributed by atoms with E-state index < -0.39 is 12.0 Å². The number of amides is 1. The van der Waals surface area contributed by atoms with Gasteiger partial charge in [-0.1, -0.05) is 0 Å². The maximum absolute atomic E-state index is 10.5. The summed E-state index contributed by atoms with van der Waals surface area (Å²) in [5.74, 6) is -1.12. The quantitative estimate of drug-likeness (QED) is 0.649. The Morgan fingerprint density at radius 3 is 3.00 bits per heavy atom. The lowest BCUT2D eigenvalue weighted by Crippen LogP contribution is -2.27. The van der Waals surface area contributed by atoms with Gasteiger partial charge in [0, 0.05) is 5.38 Å². The predicted octanol–water partition coefficient (Wildman–Crippen LogP) is 0.0148. The highest BCUT2D eigenvalue weighted by molar-refractivity contribution is 7.07. The molecule has 64 valence electrons. The zero-order valence-electron chi connectivity index (χ0n) is 5.93. The van der Waals surface area contributed by atoms with Crippen molar-refractivity contribution in [3.05, 3.63) is 16.6 Å². The summed E-state index contributed by atoms with van der Waals surface area (Å²) in [6.07, 6.45) is 0.345. The van der Waals surface area contributed by atoms with Crippen molar-refractivity contribution in [2.24, 2.45) is 0 Å². The minimum atomic E-state index is -1.12. The van der Waals surface area contributed by atoms with Crippen LogP contribution in [0.4, 0.5) is 0 Å². The average molecular weight is 186 g/mol. The van der Waals surface area contributed by atoms with E-state index >= 15 is 0 Å². The second-order valence-corrected chi connectivity index (χ2v) is 2.69. The standard InChI is InChI=1S/C6H6N2O3S/c9-2-7-5(6(10)11)4-1-12-3-8-4/h1-3,5H,(H,7,9)(H,10,11). The van der Waals surface area contributed by atoms with Crippen LogP contribution in [0.25, 0.3) is 0 Å². The predicted molar refractivity (Wildman–Crippen MR) is 41.7 cm³/mol. The van der Waals surface area contributed by atoms with Crippen molar-refractivity contribution in [3.8, 4) is 0 Å². The molecular weight excluding hydrogens is 180 g/mol. The van der Waals surface area contributed by atoms with Gasteiger partial charge in [-0.15, -0.1) is 11.3 Å². The van der Waals surface area contributed by atoms with Crippen LogP contribution in [0.15, 0.2) is 10.9 Å². The number of carboxylic acid groups (broad SMARTS) is 1. The second kappa shape index (κ2) is 3.82. The number of carboxylic acids is 1. The molecule has 0 aliphatic rings. The summed E-state index contributed by atoms with van der Waals surface area (Å²) < 4.78 is 0. The van der Waals surface area contributed by atoms with E-state index in [2.05, 4.69) is 10.3 Å². The van der Waals surface area contributed by atoms with E-state index in [4.69, 9.17) is 5.11 Å². The van der Waals surface area contributed by atoms with Gasteiger partial charge in [-0.2, -0.15) is 0 Å². The summed E-state index contributed by atoms with van der Waals surface area (Å²) in [5.41, 5.74) is 1.86. The van der Waals surface area contributed by atoms with Gasteiger partial charge in [0.2, 0.25) is 6.41 Å². The lowest BCUT2D eigenvalue weighted by atomic mass is 10.2. The van der Waals surface area contributed by atoms with Gasteiger partial charge in [-0.3, -0.25) is 4.79 Å². The number of aliphatic carboxylic acids is 1. The molecule has 5 nitrogen and oxygen atoms in total. The molecule has 0 spiro atoms. The summed E-state index contributed by atoms with van der Waals surface area (Å²) in [6.45, 7) is 0. The minimum Gasteiger partial charge on any atom is -0.479 e. The second-order valence-electron chi connectivity index (χ2n) is 1.97. The van der Waals surface area contributed by atoms with Crippen LogP contribution in [0.5, 0.6) is 0 Å². The van der Waals surface area contributed by atoms with E-state index in [-0.39, 0.29) is 0 Å². The van der Waals surface area contributed by atoms with Gasteiger partial charge in [0.25, 0.3) is 0 Å². The number of rotatable bonds is 4. The zero-order valence-corrected chi connectivity index (χ0v) is 6.75. The molecule has 0 saturated heterocycles. The van der Waals surface area contributed by atoms with Crippen LogP contribution in [-0.2, 0) is 9.59 Å². The molecule has 12 heavy (non-hydrogen) atoms. The Labute approximate surface area is 72.1 Å². The number of hydrogen-bond acceptors (Lipinski definition) is 4. The number of nitrogens with one attached hydrogen (secondary N) is 1. The third kappa shape index (κ3) is 1.79. The van der Waals surface area contributed by atoms with Crippen molar-refractivity contribution in [2.45, 2.75) is 6.04 Å². The van der Waals surface area contributed by atoms with Crippen molar-refractivity contribution >= 4 is 23.7 Å². The third-order valence-corrected chi connectivity index (χ3v) is 1.83. The molecule has 6 heteroatoms. The lowest BCUT2D eigenvalue weighted by Gasteiger charge is -2.06. The Morgan fingerprint density at radius 2 is 2.58 bits per heavy atom. The highest BCUT2D eigenvalue weighted by atomic mass is 32.1. The van der Waals surface area contributed by atoms with Gasteiger partial charge < -0.3 is 10.4 Å². The fraction of sp³-hybridized carbons (Fsp3) is 0.167. The van der Waals surface area contributed by atoms with Crippen LogP contribution in [-0.4, -0.2) is 22.5 Å². The Hall–Kier alpha value is -1.43. The van der Waals surface area contributed by atoms with Crippen LogP contribution in [0.1, 0.15) is 11.7 Å². The molecule has 1 amide bonds. The number of thiazole rings is 1. The molecular formula is C6H6N2O3S. The molecule has 0 fully saturated rings. The Kier molecular flexibility index (Phi) is 2.76. The summed E-state index contributed by atoms with van der Waals surface area (Å²) in [7, 11) is 0. The molecule has 1 aromatic rings. The number of nitrogens with zero attached hydrogens (tertiary/aromatic N) is 1. The molecule has 1 unspecified atom stereocenters. The average Bonchev–Trinajstić information content (AvgIpc) is 2.51. The molecule has 0 aliphatic heterocycles. The van der Waals surface area contributed by atoms with Crippen LogP contribution >= 0.6 is 11.3 Å². The summed E-state index contributed by atoms with van der Waals surface area (Å²) in [6, 6.07) is -1.03. The van der Waals surface area contributed by atoms with Crippen LogP contribution in [0.3, 0.4) is 0 Å². The van der Waals surface area contributed by atoms with E-state index in [0.717, 1.165) is 0 Å². The number of carbonyl (C=O) groups excluding carboxylic acids is 1. The Balaban J connectivity index is 2.80. The third-order valence-electron chi connectivity index (χ3n) is 1.23. The van der Waals surface area contributed by atoms with Gasteiger partial charge in [-0.25, -0.2) is 9.78 Å². The first kappa shape index (κ1) is 8.66. The monoisotopic (exact) mass is 186 g/mol. The van der Waals surface area contributed by atoms with E-state index in [0.29, 0.717) is 12.1 Å². The Morgan fingerprint density at radius 1 is 1.83 bits per heavy atom. The van der Waals surface area contributed by atoms with Crippen molar-refractivity contribution < 1.29 is 14.7 Å². The minimum absolute atomic E-state index is 0.345. The van der Waals surface area contributed by atoms with Crippen molar-refractivity contribution in [2.75, 3.05) is 0 Å². The molecule has 1 rings (SSSR count). The number of hydrogen-bond donors (Lipinski definition) is 2. The first-order chi connectivity index (χ1) is 5.75. The van der Waals surface area contributed by atoms with Crippen molar-refractivity contribution in [1.82, 2.24) is 10.3 Å². The van der Waals surface area contributed by atoms with Crippen LogP contribution in [0, 0.1) is 0 Å². The van der Waals surface area contributed by atoms with Gasteiger partial charge in [0.05, 0.1) is 11.2 Å². The highest BCUT2D eigenvalue weighted by Gasteiger charge is 2.19. The van der Waals surface area contributed by atoms with E-state index in [9.17, 15) is 9.59 Å². The smallest absolute Gasteiger partial charge is 0.332 e. The van der Waals surface area contributed by atoms with Gasteiger partial charge in [-0.05, 0) is 0 Å². The molecule has 1 atom stereocenters. The summed E-state index contributed by atoms with van der Waals surface area (Å²) in [4.78, 5) is 24.3. The number of carbonyl (C=O) groups is 2. The summed E-state index contributed by atoms with van der Waals surface area (Å²) in [5, 5.41) is 12.3. The van der Waals surface area contributed by atoms with Gasteiger partial charge in [0.1, 0.15) is 0 Å². The van der Waals surface area contributed by atoms with Crippen LogP contribution < -0.4 is 5.32 Å². The molecule has 2 N–H and O–H groups in total. The maximum Gasteiger partial charge on any atom is 0.332 e. The first-order valence-corrected chi connectivity index (χ1v) is 4.00. The largest absolute Gasteiger partial charge is 0.479 e. The summed E-state index contributed by atoms with van der Waals surface area (Å²) >= 11 is 1.28. The SMILES string of the molecule is O=CNC(C(=O)O)c1cscn1.